The Morgan fingerprint density at radius 3 is 2.57 bits per heavy atom. The van der Waals surface area contributed by atoms with Crippen molar-refractivity contribution in [2.75, 3.05) is 5.32 Å². The Morgan fingerprint density at radius 1 is 1.50 bits per heavy atom. The zero-order valence-corrected chi connectivity index (χ0v) is 9.84. The van der Waals surface area contributed by atoms with Gasteiger partial charge < -0.3 is 9.15 Å². The van der Waals surface area contributed by atoms with Gasteiger partial charge in [0, 0.05) is 6.07 Å². The number of hydrogen-bond donors (Lipinski definition) is 1. The molecule has 0 fully saturated rings. The molecule has 0 spiro atoms. The van der Waals surface area contributed by atoms with Gasteiger partial charge in [-0.1, -0.05) is 0 Å². The summed E-state index contributed by atoms with van der Waals surface area (Å²) >= 11 is 3.12. The minimum Gasteiger partial charge on any atom is -0.444 e. The standard InChI is InChI=1S/C9H12BrNO3/c1-9(2,3)14-8(12)11-7-5-4-6(10)13-7/h4-5H,1-3H3,(H,11,12). The van der Waals surface area contributed by atoms with Crippen LogP contribution in [0.1, 0.15) is 20.8 Å². The normalized spacial score (nSPS) is 11.1. The van der Waals surface area contributed by atoms with Gasteiger partial charge in [-0.25, -0.2) is 4.79 Å². The fourth-order valence-electron chi connectivity index (χ4n) is 0.786. The molecule has 1 aromatic heterocycles. The maximum absolute atomic E-state index is 11.2. The van der Waals surface area contributed by atoms with E-state index in [9.17, 15) is 4.79 Å². The number of rotatable bonds is 1. The van der Waals surface area contributed by atoms with Crippen LogP contribution in [0, 0.1) is 0 Å². The Hall–Kier alpha value is -0.970. The molecule has 14 heavy (non-hydrogen) atoms. The Kier molecular flexibility index (Phi) is 3.21. The molecule has 1 amide bonds. The molecule has 0 aliphatic heterocycles. The molecular formula is C9H12BrNO3. The highest BCUT2D eigenvalue weighted by atomic mass is 79.9. The Labute approximate surface area is 90.7 Å². The van der Waals surface area contributed by atoms with E-state index in [1.807, 2.05) is 0 Å². The van der Waals surface area contributed by atoms with Crippen LogP contribution in [-0.2, 0) is 4.74 Å². The highest BCUT2D eigenvalue weighted by Crippen LogP contribution is 2.19. The zero-order valence-electron chi connectivity index (χ0n) is 8.26. The maximum Gasteiger partial charge on any atom is 0.414 e. The highest BCUT2D eigenvalue weighted by molar-refractivity contribution is 9.10. The van der Waals surface area contributed by atoms with Crippen LogP contribution in [0.25, 0.3) is 0 Å². The first-order valence-corrected chi connectivity index (χ1v) is 4.91. The molecule has 78 valence electrons. The number of halogens is 1. The molecule has 0 unspecified atom stereocenters. The zero-order chi connectivity index (χ0) is 10.8. The smallest absolute Gasteiger partial charge is 0.414 e. The van der Waals surface area contributed by atoms with Gasteiger partial charge in [-0.2, -0.15) is 0 Å². The summed E-state index contributed by atoms with van der Waals surface area (Å²) in [5.74, 6) is 0.353. The van der Waals surface area contributed by atoms with Gasteiger partial charge >= 0.3 is 6.09 Å². The van der Waals surface area contributed by atoms with Crippen molar-refractivity contribution >= 4 is 27.9 Å². The third-order valence-electron chi connectivity index (χ3n) is 1.20. The van der Waals surface area contributed by atoms with E-state index in [0.29, 0.717) is 10.6 Å². The molecule has 0 aliphatic carbocycles. The van der Waals surface area contributed by atoms with Crippen LogP contribution in [-0.4, -0.2) is 11.7 Å². The van der Waals surface area contributed by atoms with Crippen molar-refractivity contribution in [1.82, 2.24) is 0 Å². The molecule has 0 atom stereocenters. The minimum atomic E-state index is -0.528. The third-order valence-corrected chi connectivity index (χ3v) is 1.62. The number of anilines is 1. The van der Waals surface area contributed by atoms with E-state index < -0.39 is 11.7 Å². The van der Waals surface area contributed by atoms with Crippen molar-refractivity contribution in [2.24, 2.45) is 0 Å². The van der Waals surface area contributed by atoms with Gasteiger partial charge in [0.2, 0.25) is 5.88 Å². The second kappa shape index (κ2) is 4.04. The van der Waals surface area contributed by atoms with Crippen LogP contribution in [0.4, 0.5) is 10.7 Å². The summed E-state index contributed by atoms with van der Waals surface area (Å²) in [5.41, 5.74) is -0.506. The largest absolute Gasteiger partial charge is 0.444 e. The molecule has 1 rings (SSSR count). The number of nitrogens with one attached hydrogen (secondary N) is 1. The van der Waals surface area contributed by atoms with Crippen LogP contribution in [0.15, 0.2) is 21.2 Å². The molecule has 1 aromatic rings. The number of carbonyl (C=O) groups is 1. The lowest BCUT2D eigenvalue weighted by atomic mass is 10.2. The van der Waals surface area contributed by atoms with Crippen molar-refractivity contribution in [3.63, 3.8) is 0 Å². The first-order chi connectivity index (χ1) is 6.37. The summed E-state index contributed by atoms with van der Waals surface area (Å²) in [6, 6.07) is 3.32. The average molecular weight is 262 g/mol. The van der Waals surface area contributed by atoms with E-state index in [4.69, 9.17) is 9.15 Å². The predicted molar refractivity (Wildman–Crippen MR) is 56.3 cm³/mol. The van der Waals surface area contributed by atoms with Crippen LogP contribution >= 0.6 is 15.9 Å². The van der Waals surface area contributed by atoms with Crippen LogP contribution < -0.4 is 5.32 Å². The van der Waals surface area contributed by atoms with Gasteiger partial charge in [0.25, 0.3) is 0 Å². The average Bonchev–Trinajstić information content (AvgIpc) is 2.30. The lowest BCUT2D eigenvalue weighted by molar-refractivity contribution is 0.0632. The molecule has 1 N–H and O–H groups in total. The third kappa shape index (κ3) is 3.83. The monoisotopic (exact) mass is 261 g/mol. The summed E-state index contributed by atoms with van der Waals surface area (Å²) in [6.07, 6.45) is -0.528. The van der Waals surface area contributed by atoms with Crippen molar-refractivity contribution in [2.45, 2.75) is 26.4 Å². The summed E-state index contributed by atoms with van der Waals surface area (Å²) in [6.45, 7) is 5.39. The van der Waals surface area contributed by atoms with Gasteiger partial charge in [-0.3, -0.25) is 5.32 Å². The Morgan fingerprint density at radius 2 is 2.14 bits per heavy atom. The lowest BCUT2D eigenvalue weighted by Gasteiger charge is -2.18. The predicted octanol–water partition coefficient (Wildman–Crippen LogP) is 3.39. The van der Waals surface area contributed by atoms with Gasteiger partial charge in [0.05, 0.1) is 0 Å². The molecule has 0 saturated carbocycles. The maximum atomic E-state index is 11.2. The van der Waals surface area contributed by atoms with Gasteiger partial charge in [-0.05, 0) is 42.8 Å². The quantitative estimate of drug-likeness (QED) is 0.843. The molecule has 4 nitrogen and oxygen atoms in total. The number of ether oxygens (including phenoxy) is 1. The lowest BCUT2D eigenvalue weighted by Crippen LogP contribution is -2.27. The fraction of sp³-hybridized carbons (Fsp3) is 0.444. The van der Waals surface area contributed by atoms with Crippen molar-refractivity contribution in [3.05, 3.63) is 16.8 Å². The summed E-state index contributed by atoms with van der Waals surface area (Å²) in [5, 5.41) is 2.46. The molecule has 0 aliphatic rings. The highest BCUT2D eigenvalue weighted by Gasteiger charge is 2.16. The number of furan rings is 1. The first kappa shape index (κ1) is 11.1. The van der Waals surface area contributed by atoms with Crippen molar-refractivity contribution in [3.8, 4) is 0 Å². The van der Waals surface area contributed by atoms with E-state index in [1.54, 1.807) is 32.9 Å². The van der Waals surface area contributed by atoms with Gasteiger partial charge in [-0.15, -0.1) is 0 Å². The summed E-state index contributed by atoms with van der Waals surface area (Å²) in [4.78, 5) is 11.2. The van der Waals surface area contributed by atoms with Crippen LogP contribution in [0.3, 0.4) is 0 Å². The topological polar surface area (TPSA) is 51.5 Å². The number of amides is 1. The minimum absolute atomic E-state index is 0.353. The van der Waals surface area contributed by atoms with E-state index in [1.165, 1.54) is 0 Å². The number of carbonyl (C=O) groups excluding carboxylic acids is 1. The molecule has 0 radical (unpaired) electrons. The fourth-order valence-corrected chi connectivity index (χ4v) is 1.09. The Balaban J connectivity index is 2.50. The van der Waals surface area contributed by atoms with Crippen LogP contribution in [0.5, 0.6) is 0 Å². The van der Waals surface area contributed by atoms with E-state index in [2.05, 4.69) is 21.2 Å². The van der Waals surface area contributed by atoms with Crippen molar-refractivity contribution < 1.29 is 13.9 Å². The molecule has 0 aromatic carbocycles. The molecular weight excluding hydrogens is 250 g/mol. The second-order valence-corrected chi connectivity index (χ2v) is 4.51. The van der Waals surface area contributed by atoms with Gasteiger partial charge in [0.1, 0.15) is 5.60 Å². The SMILES string of the molecule is CC(C)(C)OC(=O)Nc1ccc(Br)o1. The molecule has 0 bridgehead atoms. The summed E-state index contributed by atoms with van der Waals surface area (Å²) in [7, 11) is 0. The van der Waals surface area contributed by atoms with E-state index in [-0.39, 0.29) is 0 Å². The van der Waals surface area contributed by atoms with E-state index in [0.717, 1.165) is 0 Å². The van der Waals surface area contributed by atoms with Gasteiger partial charge in [0.15, 0.2) is 4.67 Å². The first-order valence-electron chi connectivity index (χ1n) is 4.12. The molecule has 1 heterocycles. The number of hydrogen-bond acceptors (Lipinski definition) is 3. The van der Waals surface area contributed by atoms with Crippen LogP contribution in [0.2, 0.25) is 0 Å². The second-order valence-electron chi connectivity index (χ2n) is 3.73. The summed E-state index contributed by atoms with van der Waals surface area (Å²) < 4.78 is 10.7. The molecule has 0 saturated heterocycles. The van der Waals surface area contributed by atoms with E-state index >= 15 is 0 Å². The Bertz CT molecular complexity index is 327. The van der Waals surface area contributed by atoms with Crippen molar-refractivity contribution in [1.29, 1.82) is 0 Å². The molecule has 5 heteroatoms.